The highest BCUT2D eigenvalue weighted by atomic mass is 32.1. The highest BCUT2D eigenvalue weighted by molar-refractivity contribution is 7.79. The van der Waals surface area contributed by atoms with Crippen molar-refractivity contribution in [2.45, 2.75) is 65.2 Å². The molecule has 1 heterocycles. The van der Waals surface area contributed by atoms with E-state index in [1.807, 2.05) is 24.3 Å². The van der Waals surface area contributed by atoms with Crippen LogP contribution in [0.25, 0.3) is 11.1 Å². The number of carbonyl (C=O) groups is 2. The Labute approximate surface area is 276 Å². The quantitative estimate of drug-likeness (QED) is 0.0615. The van der Waals surface area contributed by atoms with Gasteiger partial charge in [0.05, 0.1) is 13.2 Å². The summed E-state index contributed by atoms with van der Waals surface area (Å²) < 4.78 is 48.6. The fraction of sp³-hybridized carbons (Fsp3) is 0.472. The fourth-order valence-electron chi connectivity index (χ4n) is 4.74. The summed E-state index contributed by atoms with van der Waals surface area (Å²) in [4.78, 5) is 23.6. The van der Waals surface area contributed by atoms with Gasteiger partial charge in [-0.3, -0.25) is 0 Å². The van der Waals surface area contributed by atoms with E-state index in [0.29, 0.717) is 36.3 Å². The highest BCUT2D eigenvalue weighted by Crippen LogP contribution is 2.32. The summed E-state index contributed by atoms with van der Waals surface area (Å²) >= 11 is 5.00. The maximum absolute atomic E-state index is 15.1. The summed E-state index contributed by atoms with van der Waals surface area (Å²) in [5, 5.41) is 0.0195. The summed E-state index contributed by atoms with van der Waals surface area (Å²) in [6, 6.07) is 10.5. The first-order valence-electron chi connectivity index (χ1n) is 15.8. The summed E-state index contributed by atoms with van der Waals surface area (Å²) in [6.45, 7) is 11.8. The second kappa shape index (κ2) is 18.9. The normalized spacial score (nSPS) is 13.6. The van der Waals surface area contributed by atoms with Crippen LogP contribution in [0.1, 0.15) is 64.4 Å². The molecule has 0 bridgehead atoms. The van der Waals surface area contributed by atoms with E-state index in [4.69, 9.17) is 40.6 Å². The molecule has 10 heteroatoms. The van der Waals surface area contributed by atoms with Gasteiger partial charge in [0.1, 0.15) is 37.6 Å². The summed E-state index contributed by atoms with van der Waals surface area (Å²) in [5.41, 5.74) is 1.79. The number of esters is 2. The number of carbonyl (C=O) groups excluding carboxylic acids is 2. The van der Waals surface area contributed by atoms with Gasteiger partial charge in [-0.15, -0.1) is 0 Å². The maximum Gasteiger partial charge on any atom is 0.352 e. The van der Waals surface area contributed by atoms with Crippen molar-refractivity contribution in [3.05, 3.63) is 72.6 Å². The molecule has 0 unspecified atom stereocenters. The molecule has 1 aliphatic rings. The van der Waals surface area contributed by atoms with Crippen molar-refractivity contribution in [3.8, 4) is 22.6 Å². The van der Waals surface area contributed by atoms with Crippen molar-refractivity contribution < 1.29 is 42.4 Å². The molecule has 0 radical (unpaired) electrons. The van der Waals surface area contributed by atoms with Gasteiger partial charge in [0.15, 0.2) is 11.6 Å². The second-order valence-corrected chi connectivity index (χ2v) is 11.9. The number of aryl methyl sites for hydroxylation is 1. The minimum Gasteiger partial charge on any atom is -0.492 e. The zero-order chi connectivity index (χ0) is 33.4. The van der Waals surface area contributed by atoms with Crippen molar-refractivity contribution in [2.24, 2.45) is 5.41 Å². The van der Waals surface area contributed by atoms with Crippen LogP contribution in [0.5, 0.6) is 11.5 Å². The largest absolute Gasteiger partial charge is 0.492 e. The van der Waals surface area contributed by atoms with E-state index in [2.05, 4.69) is 20.1 Å². The third-order valence-electron chi connectivity index (χ3n) is 7.47. The van der Waals surface area contributed by atoms with Gasteiger partial charge in [-0.05, 0) is 67.1 Å². The van der Waals surface area contributed by atoms with Crippen LogP contribution >= 0.6 is 12.2 Å². The molecule has 0 spiro atoms. The van der Waals surface area contributed by atoms with Crippen molar-refractivity contribution in [2.75, 3.05) is 39.6 Å². The Morgan fingerprint density at radius 2 is 1.59 bits per heavy atom. The lowest BCUT2D eigenvalue weighted by molar-refractivity contribution is -0.147. The molecule has 0 aliphatic carbocycles. The number of ether oxygens (including phenoxy) is 6. The van der Waals surface area contributed by atoms with E-state index in [-0.39, 0.29) is 44.0 Å². The lowest BCUT2D eigenvalue weighted by Gasteiger charge is -2.35. The van der Waals surface area contributed by atoms with Gasteiger partial charge in [0, 0.05) is 23.9 Å². The zero-order valence-corrected chi connectivity index (χ0v) is 27.7. The van der Waals surface area contributed by atoms with E-state index in [1.54, 1.807) is 13.0 Å². The molecule has 0 N–H and O–H groups in total. The molecule has 0 saturated carbocycles. The lowest BCUT2D eigenvalue weighted by Crippen LogP contribution is -2.47. The molecule has 2 aromatic carbocycles. The number of thiocarbonyl (C=S) groups is 1. The average Bonchev–Trinajstić information content (AvgIpc) is 3.06. The molecule has 0 atom stereocenters. The van der Waals surface area contributed by atoms with Crippen LogP contribution in [-0.4, -0.2) is 56.8 Å². The molecular formula is C36H45FO8S. The molecule has 250 valence electrons. The number of unbranched alkanes of at least 4 members (excludes halogenated alkanes) is 5. The second-order valence-electron chi connectivity index (χ2n) is 11.5. The zero-order valence-electron chi connectivity index (χ0n) is 26.9. The van der Waals surface area contributed by atoms with E-state index in [1.165, 1.54) is 25.3 Å². The van der Waals surface area contributed by atoms with Gasteiger partial charge in [-0.2, -0.15) is 0 Å². The van der Waals surface area contributed by atoms with Crippen LogP contribution in [0.15, 0.2) is 61.2 Å². The van der Waals surface area contributed by atoms with Crippen molar-refractivity contribution in [1.29, 1.82) is 0 Å². The van der Waals surface area contributed by atoms with Gasteiger partial charge in [0.2, 0.25) is 0 Å². The van der Waals surface area contributed by atoms with Crippen LogP contribution in [0.3, 0.4) is 0 Å². The summed E-state index contributed by atoms with van der Waals surface area (Å²) in [7, 11) is 0. The van der Waals surface area contributed by atoms with E-state index in [9.17, 15) is 9.59 Å². The van der Waals surface area contributed by atoms with Gasteiger partial charge in [0.25, 0.3) is 0 Å². The molecule has 8 nitrogen and oxygen atoms in total. The Morgan fingerprint density at radius 3 is 2.26 bits per heavy atom. The molecule has 0 aromatic heterocycles. The SMILES string of the molecule is C=CC(=O)OCC1(COc2ccc(-c3ccc(OCCCCCCCC)c(F)c3)cc2CCCOC(=O)C(=C)C)COC(=S)OC1. The van der Waals surface area contributed by atoms with E-state index >= 15 is 4.39 Å². The molecular weight excluding hydrogens is 611 g/mol. The third-order valence-corrected chi connectivity index (χ3v) is 7.70. The Morgan fingerprint density at radius 1 is 0.913 bits per heavy atom. The number of hydrogen-bond donors (Lipinski definition) is 0. The molecule has 46 heavy (non-hydrogen) atoms. The smallest absolute Gasteiger partial charge is 0.352 e. The topological polar surface area (TPSA) is 89.5 Å². The number of benzene rings is 2. The van der Waals surface area contributed by atoms with Gasteiger partial charge in [-0.1, -0.05) is 64.3 Å². The Hall–Kier alpha value is -3.92. The van der Waals surface area contributed by atoms with Crippen LogP contribution in [-0.2, 0) is 35.0 Å². The molecule has 1 fully saturated rings. The van der Waals surface area contributed by atoms with Gasteiger partial charge < -0.3 is 28.4 Å². The molecule has 2 aromatic rings. The fourth-order valence-corrected chi connectivity index (χ4v) is 4.86. The Kier molecular flexibility index (Phi) is 15.0. The summed E-state index contributed by atoms with van der Waals surface area (Å²) in [6.07, 6.45) is 8.88. The number of rotatable bonds is 20. The first kappa shape index (κ1) is 36.5. The number of halogens is 1. The minimum absolute atomic E-state index is 0.0195. The van der Waals surface area contributed by atoms with Crippen LogP contribution in [0.2, 0.25) is 0 Å². The molecule has 1 aliphatic heterocycles. The summed E-state index contributed by atoms with van der Waals surface area (Å²) in [5.74, 6) is -0.658. The van der Waals surface area contributed by atoms with E-state index < -0.39 is 23.2 Å². The van der Waals surface area contributed by atoms with Crippen LogP contribution in [0, 0.1) is 11.2 Å². The van der Waals surface area contributed by atoms with E-state index in [0.717, 1.165) is 36.5 Å². The maximum atomic E-state index is 15.1. The number of hydrogen-bond acceptors (Lipinski definition) is 9. The highest BCUT2D eigenvalue weighted by Gasteiger charge is 2.39. The average molecular weight is 657 g/mol. The third kappa shape index (κ3) is 11.8. The first-order chi connectivity index (χ1) is 22.2. The van der Waals surface area contributed by atoms with Crippen molar-refractivity contribution >= 4 is 29.4 Å². The molecule has 0 amide bonds. The predicted octanol–water partition coefficient (Wildman–Crippen LogP) is 7.71. The van der Waals surface area contributed by atoms with Gasteiger partial charge >= 0.3 is 17.2 Å². The van der Waals surface area contributed by atoms with Crippen LogP contribution in [0.4, 0.5) is 4.39 Å². The minimum atomic E-state index is -0.817. The lowest BCUT2D eigenvalue weighted by atomic mass is 9.91. The predicted molar refractivity (Wildman–Crippen MR) is 178 cm³/mol. The molecule has 1 saturated heterocycles. The van der Waals surface area contributed by atoms with Crippen molar-refractivity contribution in [3.63, 3.8) is 0 Å². The monoisotopic (exact) mass is 656 g/mol. The van der Waals surface area contributed by atoms with Gasteiger partial charge in [-0.25, -0.2) is 14.0 Å². The molecule has 3 rings (SSSR count). The van der Waals surface area contributed by atoms with Crippen molar-refractivity contribution in [1.82, 2.24) is 0 Å². The standard InChI is InChI=1S/C36H45FO8S/c1-5-7-8-9-10-11-18-40-32-17-15-28(21-30(32)37)27-14-16-31(29(20-27)13-12-19-41-34(39)26(3)4)42-22-36(23-43-33(38)6-2)24-44-35(46)45-25-36/h6,14-17,20-21H,2-3,5,7-13,18-19,22-25H2,1,4H3. The first-order valence-corrected chi connectivity index (χ1v) is 16.2. The Bertz CT molecular complexity index is 1350. The van der Waals surface area contributed by atoms with Crippen LogP contribution < -0.4 is 9.47 Å². The Balaban J connectivity index is 1.75.